The van der Waals surface area contributed by atoms with Gasteiger partial charge in [-0.15, -0.1) is 0 Å². The van der Waals surface area contributed by atoms with E-state index in [1.165, 1.54) is 0 Å². The number of anilines is 1. The molecule has 0 radical (unpaired) electrons. The summed E-state index contributed by atoms with van der Waals surface area (Å²) in [6.45, 7) is 3.92. The van der Waals surface area contributed by atoms with Crippen LogP contribution in [0.1, 0.15) is 24.2 Å². The zero-order valence-electron chi connectivity index (χ0n) is 15.5. The number of nitrogens with zero attached hydrogens (tertiary/aromatic N) is 2. The number of amides is 1. The second-order valence-electron chi connectivity index (χ2n) is 6.58. The summed E-state index contributed by atoms with van der Waals surface area (Å²) >= 11 is 0. The van der Waals surface area contributed by atoms with Gasteiger partial charge in [0.1, 0.15) is 11.3 Å². The predicted octanol–water partition coefficient (Wildman–Crippen LogP) is 4.93. The van der Waals surface area contributed by atoms with E-state index in [1.807, 2.05) is 32.0 Å². The molecule has 28 heavy (non-hydrogen) atoms. The molecule has 1 N–H and O–H groups in total. The molecule has 2 aromatic heterocycles. The van der Waals surface area contributed by atoms with Crippen LogP contribution in [0.15, 0.2) is 71.4 Å². The zero-order valence-corrected chi connectivity index (χ0v) is 15.5. The molecule has 2 aromatic carbocycles. The molecule has 0 aliphatic rings. The normalized spacial score (nSPS) is 11.0. The van der Waals surface area contributed by atoms with E-state index in [4.69, 9.17) is 9.15 Å². The van der Waals surface area contributed by atoms with E-state index in [9.17, 15) is 4.79 Å². The molecule has 0 saturated carbocycles. The zero-order chi connectivity index (χ0) is 19.5. The van der Waals surface area contributed by atoms with E-state index in [0.29, 0.717) is 22.7 Å². The molecule has 6 heteroatoms. The Morgan fingerprint density at radius 2 is 1.79 bits per heavy atom. The quantitative estimate of drug-likeness (QED) is 0.537. The molecular weight excluding hydrogens is 354 g/mol. The fourth-order valence-corrected chi connectivity index (χ4v) is 2.78. The molecule has 140 valence electrons. The van der Waals surface area contributed by atoms with Crippen molar-refractivity contribution in [3.05, 3.63) is 72.6 Å². The maximum atomic E-state index is 12.5. The van der Waals surface area contributed by atoms with Crippen LogP contribution in [0, 0.1) is 0 Å². The van der Waals surface area contributed by atoms with E-state index in [1.54, 1.807) is 48.8 Å². The highest BCUT2D eigenvalue weighted by Gasteiger charge is 2.11. The van der Waals surface area contributed by atoms with Crippen LogP contribution in [0.5, 0.6) is 5.75 Å². The molecule has 0 aliphatic carbocycles. The van der Waals surface area contributed by atoms with E-state index in [2.05, 4.69) is 15.3 Å². The molecule has 0 spiro atoms. The largest absolute Gasteiger partial charge is 0.491 e. The lowest BCUT2D eigenvalue weighted by Crippen LogP contribution is -2.12. The highest BCUT2D eigenvalue weighted by molar-refractivity contribution is 6.05. The molecule has 0 saturated heterocycles. The van der Waals surface area contributed by atoms with Crippen LogP contribution in [0.4, 0.5) is 5.69 Å². The fraction of sp³-hybridized carbons (Fsp3) is 0.136. The number of benzene rings is 2. The van der Waals surface area contributed by atoms with Gasteiger partial charge in [0.25, 0.3) is 5.91 Å². The highest BCUT2D eigenvalue weighted by Crippen LogP contribution is 2.26. The molecule has 6 nitrogen and oxygen atoms in total. The number of carbonyl (C=O) groups is 1. The van der Waals surface area contributed by atoms with Gasteiger partial charge >= 0.3 is 0 Å². The van der Waals surface area contributed by atoms with Crippen LogP contribution in [0.25, 0.3) is 22.6 Å². The van der Waals surface area contributed by atoms with Crippen LogP contribution in [0.2, 0.25) is 0 Å². The first-order valence-electron chi connectivity index (χ1n) is 8.97. The van der Waals surface area contributed by atoms with Gasteiger partial charge in [0.15, 0.2) is 5.58 Å². The summed E-state index contributed by atoms with van der Waals surface area (Å²) in [6.07, 6.45) is 3.46. The van der Waals surface area contributed by atoms with Gasteiger partial charge in [-0.1, -0.05) is 0 Å². The Bertz CT molecular complexity index is 1100. The van der Waals surface area contributed by atoms with Crippen LogP contribution in [0.3, 0.4) is 0 Å². The van der Waals surface area contributed by atoms with Gasteiger partial charge in [-0.3, -0.25) is 9.78 Å². The van der Waals surface area contributed by atoms with Crippen molar-refractivity contribution in [2.75, 3.05) is 5.32 Å². The predicted molar refractivity (Wildman–Crippen MR) is 107 cm³/mol. The minimum Gasteiger partial charge on any atom is -0.491 e. The number of rotatable bonds is 5. The van der Waals surface area contributed by atoms with E-state index >= 15 is 0 Å². The van der Waals surface area contributed by atoms with E-state index < -0.39 is 0 Å². The minimum absolute atomic E-state index is 0.0883. The van der Waals surface area contributed by atoms with Crippen molar-refractivity contribution in [3.8, 4) is 17.2 Å². The van der Waals surface area contributed by atoms with E-state index in [-0.39, 0.29) is 12.0 Å². The van der Waals surface area contributed by atoms with Gasteiger partial charge in [0.2, 0.25) is 5.89 Å². The molecule has 0 atom stereocenters. The number of fused-ring (bicyclic) bond motifs is 1. The van der Waals surface area contributed by atoms with Crippen molar-refractivity contribution < 1.29 is 13.9 Å². The first-order valence-corrected chi connectivity index (χ1v) is 8.97. The summed E-state index contributed by atoms with van der Waals surface area (Å²) in [5.74, 6) is 1.05. The van der Waals surface area contributed by atoms with Crippen molar-refractivity contribution in [3.63, 3.8) is 0 Å². The summed E-state index contributed by atoms with van der Waals surface area (Å²) in [5.41, 5.74) is 3.36. The molecule has 0 aliphatic heterocycles. The van der Waals surface area contributed by atoms with Crippen molar-refractivity contribution in [2.45, 2.75) is 20.0 Å². The number of oxazole rings is 1. The molecular formula is C22H19N3O3. The van der Waals surface area contributed by atoms with Crippen molar-refractivity contribution in [1.29, 1.82) is 0 Å². The summed E-state index contributed by atoms with van der Waals surface area (Å²) in [5, 5.41) is 2.88. The maximum absolute atomic E-state index is 12.5. The minimum atomic E-state index is -0.204. The highest BCUT2D eigenvalue weighted by atomic mass is 16.5. The average Bonchev–Trinajstić information content (AvgIpc) is 3.12. The lowest BCUT2D eigenvalue weighted by Gasteiger charge is -2.10. The summed E-state index contributed by atoms with van der Waals surface area (Å²) < 4.78 is 11.4. The first kappa shape index (κ1) is 17.7. The molecule has 1 amide bonds. The third-order valence-electron chi connectivity index (χ3n) is 4.06. The Balaban J connectivity index is 1.52. The summed E-state index contributed by atoms with van der Waals surface area (Å²) in [4.78, 5) is 21.0. The third kappa shape index (κ3) is 3.86. The summed E-state index contributed by atoms with van der Waals surface area (Å²) in [7, 11) is 0. The smallest absolute Gasteiger partial charge is 0.255 e. The molecule has 2 heterocycles. The molecule has 4 aromatic rings. The van der Waals surface area contributed by atoms with Crippen LogP contribution in [-0.2, 0) is 0 Å². The van der Waals surface area contributed by atoms with Gasteiger partial charge in [0, 0.05) is 35.3 Å². The Labute approximate surface area is 162 Å². The van der Waals surface area contributed by atoms with Crippen LogP contribution < -0.4 is 10.1 Å². The van der Waals surface area contributed by atoms with Gasteiger partial charge < -0.3 is 14.5 Å². The average molecular weight is 373 g/mol. The third-order valence-corrected chi connectivity index (χ3v) is 4.06. The standard InChI is InChI=1S/C22H19N3O3/c1-14(2)27-18-6-3-15(4-7-18)21(26)24-17-5-8-19-20(13-17)28-22(25-19)16-9-11-23-12-10-16/h3-14H,1-2H3,(H,24,26). The molecule has 0 bridgehead atoms. The molecule has 0 fully saturated rings. The Morgan fingerprint density at radius 1 is 1.04 bits per heavy atom. The SMILES string of the molecule is CC(C)Oc1ccc(C(=O)Nc2ccc3nc(-c4ccncc4)oc3c2)cc1. The number of carbonyl (C=O) groups excluding carboxylic acids is 1. The lowest BCUT2D eigenvalue weighted by molar-refractivity contribution is 0.102. The van der Waals surface area contributed by atoms with Crippen molar-refractivity contribution >= 4 is 22.7 Å². The van der Waals surface area contributed by atoms with Crippen molar-refractivity contribution in [2.24, 2.45) is 0 Å². The monoisotopic (exact) mass is 373 g/mol. The van der Waals surface area contributed by atoms with Gasteiger partial charge in [-0.25, -0.2) is 4.98 Å². The number of aromatic nitrogens is 2. The van der Waals surface area contributed by atoms with E-state index in [0.717, 1.165) is 16.8 Å². The Kier molecular flexibility index (Phi) is 4.76. The fourth-order valence-electron chi connectivity index (χ4n) is 2.78. The first-order chi connectivity index (χ1) is 13.6. The number of ether oxygens (including phenoxy) is 1. The van der Waals surface area contributed by atoms with Gasteiger partial charge in [-0.2, -0.15) is 0 Å². The van der Waals surface area contributed by atoms with Gasteiger partial charge in [0.05, 0.1) is 6.10 Å². The van der Waals surface area contributed by atoms with Gasteiger partial charge in [-0.05, 0) is 62.4 Å². The number of hydrogen-bond donors (Lipinski definition) is 1. The second-order valence-corrected chi connectivity index (χ2v) is 6.58. The lowest BCUT2D eigenvalue weighted by atomic mass is 10.2. The number of nitrogens with one attached hydrogen (secondary N) is 1. The maximum Gasteiger partial charge on any atom is 0.255 e. The number of pyridine rings is 1. The summed E-state index contributed by atoms with van der Waals surface area (Å²) in [6, 6.07) is 16.1. The van der Waals surface area contributed by atoms with Crippen LogP contribution in [-0.4, -0.2) is 22.0 Å². The molecule has 0 unspecified atom stereocenters. The van der Waals surface area contributed by atoms with Crippen LogP contribution >= 0.6 is 0 Å². The molecule has 4 rings (SSSR count). The topological polar surface area (TPSA) is 77.2 Å². The Hall–Kier alpha value is -3.67. The van der Waals surface area contributed by atoms with Crippen molar-refractivity contribution in [1.82, 2.24) is 9.97 Å². The second kappa shape index (κ2) is 7.52. The number of hydrogen-bond acceptors (Lipinski definition) is 5. The Morgan fingerprint density at radius 3 is 2.50 bits per heavy atom.